The van der Waals surface area contributed by atoms with Crippen LogP contribution in [0.15, 0.2) is 65.7 Å². The summed E-state index contributed by atoms with van der Waals surface area (Å²) >= 11 is 7.56. The Bertz CT molecular complexity index is 940. The van der Waals surface area contributed by atoms with Gasteiger partial charge in [-0.05, 0) is 17.7 Å². The Labute approximate surface area is 156 Å². The van der Waals surface area contributed by atoms with Crippen molar-refractivity contribution in [3.63, 3.8) is 0 Å². The molecule has 0 aliphatic carbocycles. The highest BCUT2D eigenvalue weighted by Crippen LogP contribution is 2.21. The maximum absolute atomic E-state index is 12.3. The molecule has 0 saturated carbocycles. The summed E-state index contributed by atoms with van der Waals surface area (Å²) in [5, 5.41) is 1.13. The number of nitrogens with zero attached hydrogens (tertiary/aromatic N) is 1. The molecule has 1 heterocycles. The molecule has 0 aliphatic rings. The van der Waals surface area contributed by atoms with Gasteiger partial charge in [-0.1, -0.05) is 54.1 Å². The lowest BCUT2D eigenvalue weighted by molar-refractivity contribution is 0.581. The summed E-state index contributed by atoms with van der Waals surface area (Å²) in [6.07, 6.45) is 3.24. The van der Waals surface area contributed by atoms with Crippen LogP contribution in [0.5, 0.6) is 0 Å². The van der Waals surface area contributed by atoms with Gasteiger partial charge in [0.15, 0.2) is 0 Å². The first-order valence-electron chi connectivity index (χ1n) is 7.76. The Morgan fingerprint density at radius 3 is 2.52 bits per heavy atom. The van der Waals surface area contributed by atoms with E-state index in [1.807, 2.05) is 24.4 Å². The lowest BCUT2D eigenvalue weighted by atomic mass is 10.1. The van der Waals surface area contributed by atoms with Crippen molar-refractivity contribution in [2.45, 2.75) is 17.7 Å². The Balaban J connectivity index is 1.57. The molecule has 0 radical (unpaired) electrons. The van der Waals surface area contributed by atoms with Crippen LogP contribution in [0, 0.1) is 0 Å². The summed E-state index contributed by atoms with van der Waals surface area (Å²) in [6, 6.07) is 16.6. The highest BCUT2D eigenvalue weighted by molar-refractivity contribution is 7.89. The van der Waals surface area contributed by atoms with Crippen LogP contribution in [0.3, 0.4) is 0 Å². The average Bonchev–Trinajstić information content (AvgIpc) is 3.03. The fourth-order valence-electron chi connectivity index (χ4n) is 2.38. The molecule has 0 unspecified atom stereocenters. The standard InChI is InChI=1S/C18H17ClN2O2S2/c19-16-8-4-5-9-17(16)25(22,23)21-11-10-18-20-13-15(24-18)12-14-6-2-1-3-7-14/h1-9,13,21H,10-12H2. The molecule has 25 heavy (non-hydrogen) atoms. The third kappa shape index (κ3) is 4.89. The zero-order valence-corrected chi connectivity index (χ0v) is 15.7. The van der Waals surface area contributed by atoms with E-state index in [9.17, 15) is 8.42 Å². The van der Waals surface area contributed by atoms with Crippen molar-refractivity contribution in [2.75, 3.05) is 6.54 Å². The molecule has 0 aliphatic heterocycles. The van der Waals surface area contributed by atoms with Crippen LogP contribution in [-0.2, 0) is 22.9 Å². The van der Waals surface area contributed by atoms with Crippen LogP contribution in [0.2, 0.25) is 5.02 Å². The van der Waals surface area contributed by atoms with Crippen molar-refractivity contribution in [2.24, 2.45) is 0 Å². The van der Waals surface area contributed by atoms with E-state index in [1.54, 1.807) is 29.5 Å². The van der Waals surface area contributed by atoms with Gasteiger partial charge < -0.3 is 0 Å². The van der Waals surface area contributed by atoms with Gasteiger partial charge in [0.1, 0.15) is 4.90 Å². The second-order valence-corrected chi connectivity index (χ2v) is 8.80. The molecule has 7 heteroatoms. The molecule has 130 valence electrons. The van der Waals surface area contributed by atoms with E-state index in [2.05, 4.69) is 21.8 Å². The first kappa shape index (κ1) is 18.1. The Hall–Kier alpha value is -1.73. The zero-order chi connectivity index (χ0) is 17.7. The van der Waals surface area contributed by atoms with E-state index in [1.165, 1.54) is 11.6 Å². The second kappa shape index (κ2) is 8.10. The van der Waals surface area contributed by atoms with Gasteiger partial charge in [-0.2, -0.15) is 0 Å². The number of aromatic nitrogens is 1. The maximum Gasteiger partial charge on any atom is 0.242 e. The number of hydrogen-bond acceptors (Lipinski definition) is 4. The van der Waals surface area contributed by atoms with Crippen LogP contribution in [0.25, 0.3) is 0 Å². The molecule has 0 amide bonds. The van der Waals surface area contributed by atoms with Gasteiger partial charge in [0.05, 0.1) is 10.0 Å². The van der Waals surface area contributed by atoms with E-state index in [0.717, 1.165) is 16.3 Å². The molecule has 2 aromatic carbocycles. The monoisotopic (exact) mass is 392 g/mol. The summed E-state index contributed by atoms with van der Waals surface area (Å²) in [4.78, 5) is 5.64. The fraction of sp³-hybridized carbons (Fsp3) is 0.167. The quantitative estimate of drug-likeness (QED) is 0.663. The first-order chi connectivity index (χ1) is 12.0. The zero-order valence-electron chi connectivity index (χ0n) is 13.4. The summed E-state index contributed by atoms with van der Waals surface area (Å²) < 4.78 is 27.1. The Kier molecular flexibility index (Phi) is 5.86. The Morgan fingerprint density at radius 1 is 1.04 bits per heavy atom. The molecule has 0 atom stereocenters. The SMILES string of the molecule is O=S(=O)(NCCc1ncc(Cc2ccccc2)s1)c1ccccc1Cl. The van der Waals surface area contributed by atoms with Gasteiger partial charge in [0, 0.05) is 30.5 Å². The molecule has 4 nitrogen and oxygen atoms in total. The number of sulfonamides is 1. The lowest BCUT2D eigenvalue weighted by Gasteiger charge is -2.07. The molecule has 0 spiro atoms. The predicted octanol–water partition coefficient (Wildman–Crippen LogP) is 3.91. The number of nitrogens with one attached hydrogen (secondary N) is 1. The molecule has 1 aromatic heterocycles. The Morgan fingerprint density at radius 2 is 1.76 bits per heavy atom. The van der Waals surface area contributed by atoms with E-state index >= 15 is 0 Å². The minimum Gasteiger partial charge on any atom is -0.249 e. The van der Waals surface area contributed by atoms with Gasteiger partial charge in [-0.25, -0.2) is 18.1 Å². The second-order valence-electron chi connectivity index (χ2n) is 5.46. The van der Waals surface area contributed by atoms with Gasteiger partial charge in [-0.3, -0.25) is 0 Å². The van der Waals surface area contributed by atoms with Crippen LogP contribution < -0.4 is 4.72 Å². The summed E-state index contributed by atoms with van der Waals surface area (Å²) in [7, 11) is -3.61. The van der Waals surface area contributed by atoms with Crippen LogP contribution in [0.4, 0.5) is 0 Å². The van der Waals surface area contributed by atoms with Gasteiger partial charge in [0.2, 0.25) is 10.0 Å². The topological polar surface area (TPSA) is 59.1 Å². The first-order valence-corrected chi connectivity index (χ1v) is 10.4. The van der Waals surface area contributed by atoms with Crippen molar-refractivity contribution >= 4 is 33.0 Å². The van der Waals surface area contributed by atoms with Gasteiger partial charge in [-0.15, -0.1) is 11.3 Å². The predicted molar refractivity (Wildman–Crippen MR) is 102 cm³/mol. The maximum atomic E-state index is 12.3. The molecule has 0 bridgehead atoms. The molecule has 3 aromatic rings. The molecule has 0 fully saturated rings. The van der Waals surface area contributed by atoms with E-state index < -0.39 is 10.0 Å². The fourth-order valence-corrected chi connectivity index (χ4v) is 4.88. The number of hydrogen-bond donors (Lipinski definition) is 1. The van der Waals surface area contributed by atoms with Crippen LogP contribution in [-0.4, -0.2) is 19.9 Å². The van der Waals surface area contributed by atoms with Crippen molar-refractivity contribution < 1.29 is 8.42 Å². The molecule has 3 rings (SSSR count). The highest BCUT2D eigenvalue weighted by atomic mass is 35.5. The average molecular weight is 393 g/mol. The largest absolute Gasteiger partial charge is 0.249 e. The number of thiazole rings is 1. The normalized spacial score (nSPS) is 11.6. The third-order valence-electron chi connectivity index (χ3n) is 3.58. The number of benzene rings is 2. The molecular formula is C18H17ClN2O2S2. The van der Waals surface area contributed by atoms with Gasteiger partial charge >= 0.3 is 0 Å². The van der Waals surface area contributed by atoms with Crippen LogP contribution in [0.1, 0.15) is 15.4 Å². The summed E-state index contributed by atoms with van der Waals surface area (Å²) in [5.41, 5.74) is 1.23. The smallest absolute Gasteiger partial charge is 0.242 e. The van der Waals surface area contributed by atoms with E-state index in [0.29, 0.717) is 6.42 Å². The third-order valence-corrected chi connectivity index (χ3v) is 6.60. The van der Waals surface area contributed by atoms with E-state index in [4.69, 9.17) is 11.6 Å². The van der Waals surface area contributed by atoms with Crippen molar-refractivity contribution in [3.05, 3.63) is 81.3 Å². The molecular weight excluding hydrogens is 376 g/mol. The summed E-state index contributed by atoms with van der Waals surface area (Å²) in [5.74, 6) is 0. The number of halogens is 1. The minimum absolute atomic E-state index is 0.0978. The number of rotatable bonds is 7. The molecule has 0 saturated heterocycles. The van der Waals surface area contributed by atoms with Crippen LogP contribution >= 0.6 is 22.9 Å². The van der Waals surface area contributed by atoms with Crippen molar-refractivity contribution in [1.29, 1.82) is 0 Å². The van der Waals surface area contributed by atoms with Crippen molar-refractivity contribution in [1.82, 2.24) is 9.71 Å². The van der Waals surface area contributed by atoms with Crippen molar-refractivity contribution in [3.8, 4) is 0 Å². The summed E-state index contributed by atoms with van der Waals surface area (Å²) in [6.45, 7) is 0.284. The lowest BCUT2D eigenvalue weighted by Crippen LogP contribution is -2.26. The van der Waals surface area contributed by atoms with E-state index in [-0.39, 0.29) is 16.5 Å². The van der Waals surface area contributed by atoms with Gasteiger partial charge in [0.25, 0.3) is 0 Å². The molecule has 1 N–H and O–H groups in total. The minimum atomic E-state index is -3.61. The highest BCUT2D eigenvalue weighted by Gasteiger charge is 2.16.